The second-order valence-corrected chi connectivity index (χ2v) is 6.47. The molecule has 1 saturated carbocycles. The Bertz CT molecular complexity index is 714. The van der Waals surface area contributed by atoms with Crippen LogP contribution in [0.25, 0.3) is 0 Å². The standard InChI is InChI=1S/C20H23N3O2/c21-20(25)22-17(14-7-3-1-4-8-14)13-18(24)23-19(16-11-12-16)15-9-5-2-6-10-15/h1-10,16-17,19H,11-13H2,(H,23,24)(H3,21,22,25)/t17-,19+/m1/s1. The summed E-state index contributed by atoms with van der Waals surface area (Å²) in [6.45, 7) is 0. The maximum Gasteiger partial charge on any atom is 0.312 e. The van der Waals surface area contributed by atoms with Crippen molar-refractivity contribution in [3.8, 4) is 0 Å². The predicted molar refractivity (Wildman–Crippen MR) is 96.6 cm³/mol. The van der Waals surface area contributed by atoms with Crippen molar-refractivity contribution in [1.82, 2.24) is 10.6 Å². The van der Waals surface area contributed by atoms with Gasteiger partial charge in [0, 0.05) is 0 Å². The summed E-state index contributed by atoms with van der Waals surface area (Å²) in [6, 6.07) is 18.4. The van der Waals surface area contributed by atoms with Crippen molar-refractivity contribution in [1.29, 1.82) is 0 Å². The van der Waals surface area contributed by atoms with Gasteiger partial charge in [-0.2, -0.15) is 0 Å². The van der Waals surface area contributed by atoms with Crippen LogP contribution in [0, 0.1) is 5.92 Å². The highest BCUT2D eigenvalue weighted by Gasteiger charge is 2.33. The zero-order valence-corrected chi connectivity index (χ0v) is 14.0. The first-order valence-corrected chi connectivity index (χ1v) is 8.58. The number of primary amides is 1. The number of benzene rings is 2. The van der Waals surface area contributed by atoms with E-state index < -0.39 is 12.1 Å². The quantitative estimate of drug-likeness (QED) is 0.725. The molecule has 3 rings (SSSR count). The molecule has 0 bridgehead atoms. The van der Waals surface area contributed by atoms with E-state index in [-0.39, 0.29) is 18.4 Å². The minimum Gasteiger partial charge on any atom is -0.352 e. The first-order chi connectivity index (χ1) is 12.1. The number of amides is 3. The maximum absolute atomic E-state index is 12.6. The number of nitrogens with one attached hydrogen (secondary N) is 2. The summed E-state index contributed by atoms with van der Waals surface area (Å²) in [6.07, 6.45) is 2.41. The number of carbonyl (C=O) groups excluding carboxylic acids is 2. The Labute approximate surface area is 147 Å². The van der Waals surface area contributed by atoms with Crippen LogP contribution in [-0.4, -0.2) is 11.9 Å². The van der Waals surface area contributed by atoms with Gasteiger partial charge in [0.15, 0.2) is 0 Å². The lowest BCUT2D eigenvalue weighted by atomic mass is 10.0. The molecule has 0 radical (unpaired) electrons. The van der Waals surface area contributed by atoms with E-state index in [2.05, 4.69) is 10.6 Å². The van der Waals surface area contributed by atoms with E-state index >= 15 is 0 Å². The van der Waals surface area contributed by atoms with Crippen LogP contribution in [0.3, 0.4) is 0 Å². The van der Waals surface area contributed by atoms with Gasteiger partial charge in [0.25, 0.3) is 0 Å². The van der Waals surface area contributed by atoms with Crippen LogP contribution >= 0.6 is 0 Å². The predicted octanol–water partition coefficient (Wildman–Crippen LogP) is 3.05. The number of nitrogens with two attached hydrogens (primary N) is 1. The number of rotatable bonds is 7. The molecule has 5 heteroatoms. The second-order valence-electron chi connectivity index (χ2n) is 6.47. The molecule has 0 heterocycles. The summed E-state index contributed by atoms with van der Waals surface area (Å²) in [5.74, 6) is 0.397. The molecule has 0 aromatic heterocycles. The first-order valence-electron chi connectivity index (χ1n) is 8.58. The molecule has 1 aliphatic rings. The molecule has 2 aromatic carbocycles. The van der Waals surface area contributed by atoms with E-state index in [4.69, 9.17) is 5.73 Å². The van der Waals surface area contributed by atoms with Crippen molar-refractivity contribution < 1.29 is 9.59 Å². The van der Waals surface area contributed by atoms with Gasteiger partial charge in [-0.1, -0.05) is 60.7 Å². The fraction of sp³-hybridized carbons (Fsp3) is 0.300. The van der Waals surface area contributed by atoms with Gasteiger partial charge in [-0.25, -0.2) is 4.79 Å². The normalized spacial score (nSPS) is 15.8. The van der Waals surface area contributed by atoms with Crippen LogP contribution in [0.2, 0.25) is 0 Å². The monoisotopic (exact) mass is 337 g/mol. The smallest absolute Gasteiger partial charge is 0.312 e. The van der Waals surface area contributed by atoms with E-state index in [0.29, 0.717) is 5.92 Å². The first kappa shape index (κ1) is 17.0. The molecule has 1 aliphatic carbocycles. The number of hydrogen-bond acceptors (Lipinski definition) is 2. The molecule has 130 valence electrons. The van der Waals surface area contributed by atoms with Crippen molar-refractivity contribution in [3.05, 3.63) is 71.8 Å². The van der Waals surface area contributed by atoms with E-state index in [0.717, 1.165) is 24.0 Å². The van der Waals surface area contributed by atoms with Gasteiger partial charge in [-0.15, -0.1) is 0 Å². The van der Waals surface area contributed by atoms with E-state index in [1.165, 1.54) is 0 Å². The summed E-state index contributed by atoms with van der Waals surface area (Å²) in [7, 11) is 0. The van der Waals surface area contributed by atoms with E-state index in [9.17, 15) is 9.59 Å². The van der Waals surface area contributed by atoms with Crippen LogP contribution in [0.15, 0.2) is 60.7 Å². The van der Waals surface area contributed by atoms with Gasteiger partial charge in [-0.05, 0) is 29.9 Å². The van der Waals surface area contributed by atoms with Gasteiger partial charge in [-0.3, -0.25) is 4.79 Å². The molecule has 25 heavy (non-hydrogen) atoms. The van der Waals surface area contributed by atoms with Crippen molar-refractivity contribution in [2.75, 3.05) is 0 Å². The van der Waals surface area contributed by atoms with Gasteiger partial charge in [0.2, 0.25) is 5.91 Å². The highest BCUT2D eigenvalue weighted by molar-refractivity contribution is 5.79. The average Bonchev–Trinajstić information content (AvgIpc) is 3.45. The summed E-state index contributed by atoms with van der Waals surface area (Å²) >= 11 is 0. The third-order valence-electron chi connectivity index (χ3n) is 4.48. The minimum absolute atomic E-state index is 0.0266. The summed E-state index contributed by atoms with van der Waals surface area (Å²) in [4.78, 5) is 23.9. The maximum atomic E-state index is 12.6. The molecule has 4 N–H and O–H groups in total. The van der Waals surface area contributed by atoms with Gasteiger partial charge in [0.05, 0.1) is 18.5 Å². The lowest BCUT2D eigenvalue weighted by molar-refractivity contribution is -0.122. The Kier molecular flexibility index (Phi) is 5.33. The van der Waals surface area contributed by atoms with Gasteiger partial charge < -0.3 is 16.4 Å². The number of carbonyl (C=O) groups is 2. The summed E-state index contributed by atoms with van der Waals surface area (Å²) < 4.78 is 0. The summed E-state index contributed by atoms with van der Waals surface area (Å²) in [5.41, 5.74) is 7.26. The van der Waals surface area contributed by atoms with Crippen molar-refractivity contribution in [2.45, 2.75) is 31.3 Å². The van der Waals surface area contributed by atoms with Crippen molar-refractivity contribution in [3.63, 3.8) is 0 Å². The Balaban J connectivity index is 1.69. The molecular formula is C20H23N3O2. The molecule has 0 aliphatic heterocycles. The molecule has 0 saturated heterocycles. The molecule has 2 aromatic rings. The summed E-state index contributed by atoms with van der Waals surface area (Å²) in [5, 5.41) is 5.80. The van der Waals surface area contributed by atoms with Crippen LogP contribution in [0.1, 0.15) is 42.5 Å². The van der Waals surface area contributed by atoms with Crippen molar-refractivity contribution >= 4 is 11.9 Å². The number of hydrogen-bond donors (Lipinski definition) is 3. The molecule has 0 spiro atoms. The van der Waals surface area contributed by atoms with Crippen LogP contribution in [0.4, 0.5) is 4.79 Å². The lowest BCUT2D eigenvalue weighted by Gasteiger charge is -2.22. The Morgan fingerprint density at radius 3 is 2.00 bits per heavy atom. The fourth-order valence-electron chi connectivity index (χ4n) is 3.09. The minimum atomic E-state index is -0.636. The highest BCUT2D eigenvalue weighted by atomic mass is 16.2. The van der Waals surface area contributed by atoms with Gasteiger partial charge >= 0.3 is 6.03 Å². The highest BCUT2D eigenvalue weighted by Crippen LogP contribution is 2.41. The third-order valence-corrected chi connectivity index (χ3v) is 4.48. The van der Waals surface area contributed by atoms with Crippen LogP contribution in [0.5, 0.6) is 0 Å². The van der Waals surface area contributed by atoms with E-state index in [1.54, 1.807) is 0 Å². The van der Waals surface area contributed by atoms with Crippen LogP contribution < -0.4 is 16.4 Å². The SMILES string of the molecule is NC(=O)N[C@H](CC(=O)N[C@@H](c1ccccc1)C1CC1)c1ccccc1. The van der Waals surface area contributed by atoms with E-state index in [1.807, 2.05) is 60.7 Å². The van der Waals surface area contributed by atoms with Crippen LogP contribution in [-0.2, 0) is 4.79 Å². The van der Waals surface area contributed by atoms with Gasteiger partial charge in [0.1, 0.15) is 0 Å². The Hall–Kier alpha value is -2.82. The molecule has 0 unspecified atom stereocenters. The fourth-order valence-corrected chi connectivity index (χ4v) is 3.09. The molecule has 1 fully saturated rings. The second kappa shape index (κ2) is 7.83. The zero-order valence-electron chi connectivity index (χ0n) is 14.0. The molecule has 5 nitrogen and oxygen atoms in total. The molecular weight excluding hydrogens is 314 g/mol. The Morgan fingerprint density at radius 2 is 1.48 bits per heavy atom. The third kappa shape index (κ3) is 4.83. The largest absolute Gasteiger partial charge is 0.352 e. The zero-order chi connectivity index (χ0) is 17.6. The van der Waals surface area contributed by atoms with Crippen molar-refractivity contribution in [2.24, 2.45) is 11.7 Å². The number of urea groups is 1. The Morgan fingerprint density at radius 1 is 0.920 bits per heavy atom. The average molecular weight is 337 g/mol. The lowest BCUT2D eigenvalue weighted by Crippen LogP contribution is -2.38. The topological polar surface area (TPSA) is 84.2 Å². The molecule has 3 amide bonds. The molecule has 2 atom stereocenters.